The molecule has 40 heavy (non-hydrogen) atoms. The number of hydrogen-bond donors (Lipinski definition) is 1. The van der Waals surface area contributed by atoms with Crippen molar-refractivity contribution in [3.63, 3.8) is 0 Å². The van der Waals surface area contributed by atoms with Gasteiger partial charge in [-0.1, -0.05) is 18.7 Å². The Morgan fingerprint density at radius 3 is 2.65 bits per heavy atom. The van der Waals surface area contributed by atoms with Crippen LogP contribution in [0.1, 0.15) is 36.6 Å². The minimum atomic E-state index is -0.794. The summed E-state index contributed by atoms with van der Waals surface area (Å²) < 4.78 is 22.9. The average molecular weight is 549 g/mol. The largest absolute Gasteiger partial charge is 0.507 e. The van der Waals surface area contributed by atoms with E-state index in [0.29, 0.717) is 68.6 Å². The maximum atomic E-state index is 13.5. The summed E-state index contributed by atoms with van der Waals surface area (Å²) in [6.07, 6.45) is 2.39. The van der Waals surface area contributed by atoms with Crippen LogP contribution in [0, 0.1) is 0 Å². The monoisotopic (exact) mass is 548 g/mol. The molecule has 2 aromatic rings. The first kappa shape index (κ1) is 27.7. The SMILES string of the molecule is C=CCOc1ccc([C@H]2C(=C(O)c3ccc4c(c3)C[C@@H](C)O4)C(=O)C(=O)N2CCN2CCOCC2)cc1OCC. The van der Waals surface area contributed by atoms with Gasteiger partial charge in [0.2, 0.25) is 0 Å². The molecule has 1 N–H and O–H groups in total. The fraction of sp³-hybridized carbons (Fsp3) is 0.419. The van der Waals surface area contributed by atoms with Gasteiger partial charge in [0.25, 0.3) is 11.7 Å². The van der Waals surface area contributed by atoms with E-state index in [1.165, 1.54) is 0 Å². The molecule has 212 valence electrons. The highest BCUT2D eigenvalue weighted by molar-refractivity contribution is 6.46. The molecular formula is C31H36N2O7. The number of ketones is 1. The third-order valence-electron chi connectivity index (χ3n) is 7.41. The first-order valence-electron chi connectivity index (χ1n) is 13.8. The van der Waals surface area contributed by atoms with Gasteiger partial charge < -0.3 is 29.0 Å². The van der Waals surface area contributed by atoms with E-state index in [0.717, 1.165) is 24.4 Å². The van der Waals surface area contributed by atoms with Crippen LogP contribution in [0.15, 0.2) is 54.6 Å². The first-order chi connectivity index (χ1) is 19.4. The molecule has 0 aromatic heterocycles. The van der Waals surface area contributed by atoms with Crippen molar-refractivity contribution >= 4 is 17.4 Å². The smallest absolute Gasteiger partial charge is 0.295 e. The van der Waals surface area contributed by atoms with E-state index in [1.54, 1.807) is 35.2 Å². The number of nitrogens with zero attached hydrogens (tertiary/aromatic N) is 2. The van der Waals surface area contributed by atoms with E-state index in [2.05, 4.69) is 11.5 Å². The molecule has 0 unspecified atom stereocenters. The van der Waals surface area contributed by atoms with Crippen molar-refractivity contribution in [2.24, 2.45) is 0 Å². The van der Waals surface area contributed by atoms with Crippen LogP contribution in [0.5, 0.6) is 17.2 Å². The fourth-order valence-electron chi connectivity index (χ4n) is 5.49. The Hall–Kier alpha value is -3.82. The van der Waals surface area contributed by atoms with Crippen LogP contribution in [0.3, 0.4) is 0 Å². The second kappa shape index (κ2) is 12.1. The standard InChI is InChI=1S/C31H36N2O7/c1-4-14-39-25-9-6-21(19-26(25)38-5-2)28-27(29(34)22-7-8-24-23(18-22)17-20(3)40-24)30(35)31(36)33(28)11-10-32-12-15-37-16-13-32/h4,6-9,18-20,28,34H,1,5,10-17H2,2-3H3/t20-,28+/m1/s1. The fourth-order valence-corrected chi connectivity index (χ4v) is 5.49. The molecule has 0 spiro atoms. The number of ether oxygens (including phenoxy) is 4. The van der Waals surface area contributed by atoms with Gasteiger partial charge in [0.05, 0.1) is 31.4 Å². The quantitative estimate of drug-likeness (QED) is 0.208. The summed E-state index contributed by atoms with van der Waals surface area (Å²) in [6.45, 7) is 11.9. The van der Waals surface area contributed by atoms with E-state index < -0.39 is 17.7 Å². The highest BCUT2D eigenvalue weighted by atomic mass is 16.5. The Bertz CT molecular complexity index is 1310. The molecule has 0 aliphatic carbocycles. The van der Waals surface area contributed by atoms with Gasteiger partial charge in [-0.05, 0) is 55.3 Å². The lowest BCUT2D eigenvalue weighted by Gasteiger charge is -2.31. The van der Waals surface area contributed by atoms with Gasteiger partial charge in [-0.25, -0.2) is 0 Å². The molecule has 0 saturated carbocycles. The molecule has 2 aromatic carbocycles. The summed E-state index contributed by atoms with van der Waals surface area (Å²) in [4.78, 5) is 30.8. The van der Waals surface area contributed by atoms with E-state index in [1.807, 2.05) is 26.0 Å². The summed E-state index contributed by atoms with van der Waals surface area (Å²) >= 11 is 0. The third kappa shape index (κ3) is 5.57. The van der Waals surface area contributed by atoms with Crippen molar-refractivity contribution in [2.75, 3.05) is 52.6 Å². The van der Waals surface area contributed by atoms with Gasteiger partial charge in [0, 0.05) is 38.2 Å². The number of aliphatic hydroxyl groups excluding tert-OH is 1. The number of carbonyl (C=O) groups is 2. The van der Waals surface area contributed by atoms with Crippen molar-refractivity contribution in [3.8, 4) is 17.2 Å². The molecule has 9 nitrogen and oxygen atoms in total. The van der Waals surface area contributed by atoms with Crippen molar-refractivity contribution in [2.45, 2.75) is 32.4 Å². The predicted molar refractivity (Wildman–Crippen MR) is 150 cm³/mol. The second-order valence-corrected chi connectivity index (χ2v) is 10.1. The van der Waals surface area contributed by atoms with Crippen molar-refractivity contribution in [3.05, 3.63) is 71.3 Å². The maximum Gasteiger partial charge on any atom is 0.295 e. The van der Waals surface area contributed by atoms with Gasteiger partial charge in [-0.15, -0.1) is 0 Å². The van der Waals surface area contributed by atoms with Crippen molar-refractivity contribution < 1.29 is 33.6 Å². The molecule has 2 atom stereocenters. The number of hydrogen-bond acceptors (Lipinski definition) is 8. The Morgan fingerprint density at radius 2 is 1.90 bits per heavy atom. The first-order valence-corrected chi connectivity index (χ1v) is 13.8. The minimum Gasteiger partial charge on any atom is -0.507 e. The number of Topliss-reactive ketones (excluding diaryl/α,β-unsaturated/α-hetero) is 1. The second-order valence-electron chi connectivity index (χ2n) is 10.1. The molecule has 2 fully saturated rings. The van der Waals surface area contributed by atoms with Crippen LogP contribution in [0.4, 0.5) is 0 Å². The van der Waals surface area contributed by atoms with E-state index >= 15 is 0 Å². The zero-order valence-electron chi connectivity index (χ0n) is 23.1. The molecular weight excluding hydrogens is 512 g/mol. The Labute approximate surface area is 234 Å². The summed E-state index contributed by atoms with van der Waals surface area (Å²) in [7, 11) is 0. The maximum absolute atomic E-state index is 13.5. The van der Waals surface area contributed by atoms with Crippen LogP contribution in [0.25, 0.3) is 5.76 Å². The zero-order valence-corrected chi connectivity index (χ0v) is 23.1. The molecule has 3 aliphatic rings. The lowest BCUT2D eigenvalue weighted by Crippen LogP contribution is -2.42. The highest BCUT2D eigenvalue weighted by Gasteiger charge is 2.46. The van der Waals surface area contributed by atoms with Crippen molar-refractivity contribution in [1.29, 1.82) is 0 Å². The third-order valence-corrected chi connectivity index (χ3v) is 7.41. The lowest BCUT2D eigenvalue weighted by molar-refractivity contribution is -0.140. The molecule has 2 saturated heterocycles. The van der Waals surface area contributed by atoms with Crippen LogP contribution in [-0.2, 0) is 20.7 Å². The minimum absolute atomic E-state index is 0.0389. The number of morpholine rings is 1. The Balaban J connectivity index is 1.56. The Kier molecular flexibility index (Phi) is 8.42. The van der Waals surface area contributed by atoms with Crippen molar-refractivity contribution in [1.82, 2.24) is 9.80 Å². The summed E-state index contributed by atoms with van der Waals surface area (Å²) in [5.41, 5.74) is 2.14. The van der Waals surface area contributed by atoms with Gasteiger partial charge in [-0.2, -0.15) is 0 Å². The van der Waals surface area contributed by atoms with Crippen LogP contribution in [-0.4, -0.2) is 85.3 Å². The number of amides is 1. The molecule has 9 heteroatoms. The summed E-state index contributed by atoms with van der Waals surface area (Å²) in [6, 6.07) is 9.93. The molecule has 3 aliphatic heterocycles. The van der Waals surface area contributed by atoms with Crippen LogP contribution < -0.4 is 14.2 Å². The molecule has 5 rings (SSSR count). The normalized spacial score (nSPS) is 22.2. The number of likely N-dealkylation sites (tertiary alicyclic amines) is 1. The number of rotatable bonds is 10. The lowest BCUT2D eigenvalue weighted by atomic mass is 9.94. The number of benzene rings is 2. The molecule has 3 heterocycles. The number of aliphatic hydroxyl groups is 1. The van der Waals surface area contributed by atoms with Gasteiger partial charge in [0.15, 0.2) is 11.5 Å². The van der Waals surface area contributed by atoms with Crippen LogP contribution in [0.2, 0.25) is 0 Å². The molecule has 1 amide bonds. The Morgan fingerprint density at radius 1 is 1.10 bits per heavy atom. The molecule has 0 bridgehead atoms. The zero-order chi connectivity index (χ0) is 28.2. The van der Waals surface area contributed by atoms with Gasteiger partial charge in [0.1, 0.15) is 24.2 Å². The van der Waals surface area contributed by atoms with Gasteiger partial charge >= 0.3 is 0 Å². The average Bonchev–Trinajstić information content (AvgIpc) is 3.46. The van der Waals surface area contributed by atoms with E-state index in [4.69, 9.17) is 18.9 Å². The van der Waals surface area contributed by atoms with E-state index in [9.17, 15) is 14.7 Å². The number of carbonyl (C=O) groups excluding carboxylic acids is 2. The van der Waals surface area contributed by atoms with E-state index in [-0.39, 0.29) is 17.4 Å². The topological polar surface area (TPSA) is 97.8 Å². The predicted octanol–water partition coefficient (Wildman–Crippen LogP) is 3.73. The van der Waals surface area contributed by atoms with Gasteiger partial charge in [-0.3, -0.25) is 14.5 Å². The highest BCUT2D eigenvalue weighted by Crippen LogP contribution is 2.42. The summed E-state index contributed by atoms with van der Waals surface area (Å²) in [5.74, 6) is 0.239. The van der Waals surface area contributed by atoms with Crippen LogP contribution >= 0.6 is 0 Å². The summed E-state index contributed by atoms with van der Waals surface area (Å²) in [5, 5.41) is 11.6. The molecule has 0 radical (unpaired) electrons. The number of fused-ring (bicyclic) bond motifs is 1.